The number of rotatable bonds is 4. The molecule has 1 unspecified atom stereocenters. The van der Waals surface area contributed by atoms with E-state index in [1.165, 1.54) is 4.68 Å². The first kappa shape index (κ1) is 15.8. The highest BCUT2D eigenvalue weighted by molar-refractivity contribution is 5.54. The predicted molar refractivity (Wildman–Crippen MR) is 91.1 cm³/mol. The van der Waals surface area contributed by atoms with Gasteiger partial charge in [-0.3, -0.25) is 4.57 Å². The van der Waals surface area contributed by atoms with Crippen LogP contribution in [-0.4, -0.2) is 40.8 Å². The molecule has 1 atom stereocenters. The number of fused-ring (bicyclic) bond motifs is 1. The van der Waals surface area contributed by atoms with Crippen LogP contribution in [-0.2, 0) is 26.6 Å². The number of nitrogens with zero attached hydrogens (tertiary/aromatic N) is 6. The molecular weight excluding hydrogens is 320 g/mol. The van der Waals surface area contributed by atoms with Gasteiger partial charge in [-0.2, -0.15) is 10.2 Å². The van der Waals surface area contributed by atoms with E-state index >= 15 is 0 Å². The molecule has 0 bridgehead atoms. The topological polar surface area (TPSA) is 90.8 Å². The molecule has 1 N–H and O–H groups in total. The molecule has 0 spiro atoms. The Hall–Kier alpha value is -2.74. The molecular formula is C17H20N6O2. The smallest absolute Gasteiger partial charge is 0.345 e. The van der Waals surface area contributed by atoms with Crippen LogP contribution in [0.1, 0.15) is 24.0 Å². The van der Waals surface area contributed by atoms with E-state index in [1.54, 1.807) is 16.3 Å². The Labute approximate surface area is 144 Å². The highest BCUT2D eigenvalue weighted by atomic mass is 16.3. The van der Waals surface area contributed by atoms with Gasteiger partial charge < -0.3 is 5.11 Å². The average Bonchev–Trinajstić information content (AvgIpc) is 3.18. The molecule has 0 aliphatic carbocycles. The van der Waals surface area contributed by atoms with Crippen molar-refractivity contribution in [3.8, 4) is 11.4 Å². The van der Waals surface area contributed by atoms with Crippen LogP contribution in [0.2, 0.25) is 0 Å². The van der Waals surface area contributed by atoms with Gasteiger partial charge in [0.1, 0.15) is 11.6 Å². The summed E-state index contributed by atoms with van der Waals surface area (Å²) in [6.07, 6.45) is 1.59. The molecule has 8 heteroatoms. The lowest BCUT2D eigenvalue weighted by atomic mass is 9.98. The fourth-order valence-electron chi connectivity index (χ4n) is 3.37. The van der Waals surface area contributed by atoms with Crippen LogP contribution in [0.4, 0.5) is 0 Å². The summed E-state index contributed by atoms with van der Waals surface area (Å²) in [6, 6.07) is 9.78. The van der Waals surface area contributed by atoms with Crippen LogP contribution in [0, 0.1) is 0 Å². The Kier molecular flexibility index (Phi) is 3.96. The Morgan fingerprint density at radius 2 is 2.04 bits per heavy atom. The highest BCUT2D eigenvalue weighted by Gasteiger charge is 2.28. The van der Waals surface area contributed by atoms with E-state index in [9.17, 15) is 9.90 Å². The molecule has 3 heterocycles. The van der Waals surface area contributed by atoms with Crippen LogP contribution >= 0.6 is 0 Å². The molecule has 4 rings (SSSR count). The van der Waals surface area contributed by atoms with Crippen molar-refractivity contribution in [2.45, 2.75) is 31.8 Å². The van der Waals surface area contributed by atoms with E-state index in [0.717, 1.165) is 30.1 Å². The van der Waals surface area contributed by atoms with E-state index in [2.05, 4.69) is 10.2 Å². The van der Waals surface area contributed by atoms with Crippen molar-refractivity contribution >= 4 is 0 Å². The molecule has 130 valence electrons. The highest BCUT2D eigenvalue weighted by Crippen LogP contribution is 2.28. The number of aryl methyl sites for hydroxylation is 2. The van der Waals surface area contributed by atoms with E-state index in [1.807, 2.05) is 30.3 Å². The van der Waals surface area contributed by atoms with Crippen molar-refractivity contribution in [3.05, 3.63) is 52.5 Å². The molecule has 1 aromatic carbocycles. The van der Waals surface area contributed by atoms with Crippen LogP contribution in [0.15, 0.2) is 35.1 Å². The van der Waals surface area contributed by atoms with Gasteiger partial charge in [-0.1, -0.05) is 30.3 Å². The molecule has 1 aliphatic heterocycles. The van der Waals surface area contributed by atoms with E-state index in [-0.39, 0.29) is 18.2 Å². The maximum absolute atomic E-state index is 12.2. The van der Waals surface area contributed by atoms with E-state index in [0.29, 0.717) is 18.9 Å². The second-order valence-electron chi connectivity index (χ2n) is 6.27. The monoisotopic (exact) mass is 340 g/mol. The zero-order chi connectivity index (χ0) is 17.4. The van der Waals surface area contributed by atoms with Crippen molar-refractivity contribution < 1.29 is 5.11 Å². The van der Waals surface area contributed by atoms with Crippen LogP contribution in [0.25, 0.3) is 11.4 Å². The molecule has 0 saturated heterocycles. The molecule has 0 amide bonds. The lowest BCUT2D eigenvalue weighted by Gasteiger charge is -2.22. The third-order valence-corrected chi connectivity index (χ3v) is 4.61. The minimum Gasteiger partial charge on any atom is -0.394 e. The van der Waals surface area contributed by atoms with Crippen molar-refractivity contribution in [2.75, 3.05) is 6.61 Å². The summed E-state index contributed by atoms with van der Waals surface area (Å²) in [6.45, 7) is 0.927. The number of hydrogen-bond acceptors (Lipinski definition) is 5. The molecule has 8 nitrogen and oxygen atoms in total. The molecule has 0 fully saturated rings. The van der Waals surface area contributed by atoms with E-state index < -0.39 is 0 Å². The van der Waals surface area contributed by atoms with Crippen LogP contribution in [0.3, 0.4) is 0 Å². The summed E-state index contributed by atoms with van der Waals surface area (Å²) in [5.74, 6) is 2.36. The summed E-state index contributed by atoms with van der Waals surface area (Å²) >= 11 is 0. The molecule has 0 radical (unpaired) electrons. The first-order valence-corrected chi connectivity index (χ1v) is 8.41. The maximum atomic E-state index is 12.2. The third-order valence-electron chi connectivity index (χ3n) is 4.61. The van der Waals surface area contributed by atoms with Crippen LogP contribution < -0.4 is 5.69 Å². The quantitative estimate of drug-likeness (QED) is 0.749. The maximum Gasteiger partial charge on any atom is 0.345 e. The standard InChI is InChI=1S/C17H20N6O2/c1-21-17(25)22-11-13(7-8-14(22)19-21)16-18-15(20-23(16)9-10-24)12-5-3-2-4-6-12/h2-6,13,24H,7-11H2,1H3. The number of aliphatic hydroxyl groups is 1. The fraction of sp³-hybridized carbons (Fsp3) is 0.412. The minimum atomic E-state index is -0.101. The molecule has 0 saturated carbocycles. The van der Waals surface area contributed by atoms with Crippen molar-refractivity contribution in [2.24, 2.45) is 7.05 Å². The Morgan fingerprint density at radius 3 is 2.80 bits per heavy atom. The van der Waals surface area contributed by atoms with Gasteiger partial charge in [0.2, 0.25) is 0 Å². The SMILES string of the molecule is Cn1nc2n(c1=O)CC(c1nc(-c3ccccc3)nn1CCO)CC2. The Bertz CT molecular complexity index is 940. The van der Waals surface area contributed by atoms with Gasteiger partial charge in [0.25, 0.3) is 0 Å². The molecule has 3 aromatic rings. The molecule has 25 heavy (non-hydrogen) atoms. The van der Waals surface area contributed by atoms with Crippen molar-refractivity contribution in [1.82, 2.24) is 29.1 Å². The zero-order valence-electron chi connectivity index (χ0n) is 14.0. The lowest BCUT2D eigenvalue weighted by molar-refractivity contribution is 0.263. The number of aromatic nitrogens is 6. The Balaban J connectivity index is 1.71. The van der Waals surface area contributed by atoms with Gasteiger partial charge in [0, 0.05) is 31.5 Å². The average molecular weight is 340 g/mol. The fourth-order valence-corrected chi connectivity index (χ4v) is 3.37. The predicted octanol–water partition coefficient (Wildman–Crippen LogP) is 0.563. The first-order valence-electron chi connectivity index (χ1n) is 8.41. The van der Waals surface area contributed by atoms with Gasteiger partial charge in [0.15, 0.2) is 5.82 Å². The first-order chi connectivity index (χ1) is 12.2. The van der Waals surface area contributed by atoms with Crippen LogP contribution in [0.5, 0.6) is 0 Å². The number of hydrogen-bond donors (Lipinski definition) is 1. The van der Waals surface area contributed by atoms with E-state index in [4.69, 9.17) is 4.98 Å². The molecule has 2 aromatic heterocycles. The summed E-state index contributed by atoms with van der Waals surface area (Å²) in [4.78, 5) is 16.9. The Morgan fingerprint density at radius 1 is 1.24 bits per heavy atom. The van der Waals surface area contributed by atoms with Crippen molar-refractivity contribution in [1.29, 1.82) is 0 Å². The minimum absolute atomic E-state index is 0.00456. The largest absolute Gasteiger partial charge is 0.394 e. The van der Waals surface area contributed by atoms with Gasteiger partial charge >= 0.3 is 5.69 Å². The number of aliphatic hydroxyl groups excluding tert-OH is 1. The summed E-state index contributed by atoms with van der Waals surface area (Å²) in [7, 11) is 1.67. The summed E-state index contributed by atoms with van der Waals surface area (Å²) in [5.41, 5.74) is 0.840. The third kappa shape index (κ3) is 2.78. The van der Waals surface area contributed by atoms with Gasteiger partial charge in [-0.25, -0.2) is 19.1 Å². The van der Waals surface area contributed by atoms with Gasteiger partial charge in [-0.15, -0.1) is 0 Å². The second kappa shape index (κ2) is 6.29. The second-order valence-corrected chi connectivity index (χ2v) is 6.27. The van der Waals surface area contributed by atoms with Crippen molar-refractivity contribution in [3.63, 3.8) is 0 Å². The summed E-state index contributed by atoms with van der Waals surface area (Å²) < 4.78 is 4.86. The van der Waals surface area contributed by atoms with Gasteiger partial charge in [-0.05, 0) is 6.42 Å². The molecule has 1 aliphatic rings. The summed E-state index contributed by atoms with van der Waals surface area (Å²) in [5, 5.41) is 18.2. The normalized spacial score (nSPS) is 16.8. The number of benzene rings is 1. The lowest BCUT2D eigenvalue weighted by Crippen LogP contribution is -2.30. The zero-order valence-corrected chi connectivity index (χ0v) is 14.0. The van der Waals surface area contributed by atoms with Gasteiger partial charge in [0.05, 0.1) is 13.2 Å².